The van der Waals surface area contributed by atoms with Crippen LogP contribution < -0.4 is 4.90 Å². The zero-order valence-electron chi connectivity index (χ0n) is 16.2. The number of carbonyl (C=O) groups is 1. The Hall–Kier alpha value is -1.76. The van der Waals surface area contributed by atoms with E-state index in [0.29, 0.717) is 25.6 Å². The average molecular weight is 392 g/mol. The third-order valence-corrected chi connectivity index (χ3v) is 8.00. The van der Waals surface area contributed by atoms with Crippen molar-refractivity contribution >= 4 is 21.6 Å². The van der Waals surface area contributed by atoms with Crippen LogP contribution in [0.1, 0.15) is 20.3 Å². The van der Waals surface area contributed by atoms with Gasteiger partial charge in [-0.25, -0.2) is 13.2 Å². The predicted octanol–water partition coefficient (Wildman–Crippen LogP) is 2.07. The molecule has 1 aromatic carbocycles. The van der Waals surface area contributed by atoms with Crippen LogP contribution in [0.5, 0.6) is 0 Å². The number of sulfone groups is 1. The minimum Gasteiger partial charge on any atom is -0.366 e. The molecule has 27 heavy (non-hydrogen) atoms. The maximum atomic E-state index is 13.1. The molecular formula is C20H29N3O3S. The van der Waals surface area contributed by atoms with Gasteiger partial charge >= 0.3 is 6.03 Å². The SMILES string of the molecule is CC1(C)CC2CN(C(=O)N3CCS(=O)(=O)CC3)CC1N(c1ccccc1)C2. The number of hydrogen-bond donors (Lipinski definition) is 0. The van der Waals surface area contributed by atoms with Crippen molar-refractivity contribution < 1.29 is 13.2 Å². The number of urea groups is 1. The lowest BCUT2D eigenvalue weighted by molar-refractivity contribution is 0.153. The van der Waals surface area contributed by atoms with Crippen molar-refractivity contribution in [1.82, 2.24) is 9.80 Å². The van der Waals surface area contributed by atoms with Crippen molar-refractivity contribution in [2.24, 2.45) is 11.3 Å². The highest BCUT2D eigenvalue weighted by Gasteiger charge is 2.47. The Labute approximate surface area is 162 Å². The smallest absolute Gasteiger partial charge is 0.320 e. The van der Waals surface area contributed by atoms with Gasteiger partial charge < -0.3 is 14.7 Å². The topological polar surface area (TPSA) is 60.9 Å². The molecule has 6 nitrogen and oxygen atoms in total. The Balaban J connectivity index is 1.55. The third-order valence-electron chi connectivity index (χ3n) is 6.39. The van der Waals surface area contributed by atoms with E-state index >= 15 is 0 Å². The summed E-state index contributed by atoms with van der Waals surface area (Å²) in [6, 6.07) is 10.7. The minimum absolute atomic E-state index is 0.00696. The van der Waals surface area contributed by atoms with Crippen molar-refractivity contribution in [3.05, 3.63) is 30.3 Å². The highest BCUT2D eigenvalue weighted by molar-refractivity contribution is 7.91. The Kier molecular flexibility index (Phi) is 4.61. The molecule has 148 valence electrons. The molecule has 0 aromatic heterocycles. The molecule has 5 rings (SSSR count). The largest absolute Gasteiger partial charge is 0.366 e. The van der Waals surface area contributed by atoms with Crippen molar-refractivity contribution in [3.63, 3.8) is 0 Å². The van der Waals surface area contributed by atoms with Crippen molar-refractivity contribution in [2.45, 2.75) is 26.3 Å². The number of carbonyl (C=O) groups excluding carboxylic acids is 1. The molecule has 1 aromatic rings. The van der Waals surface area contributed by atoms with Gasteiger partial charge in [0.15, 0.2) is 9.84 Å². The molecule has 4 heterocycles. The van der Waals surface area contributed by atoms with Crippen LogP contribution in [0.4, 0.5) is 10.5 Å². The number of rotatable bonds is 1. The molecule has 0 spiro atoms. The van der Waals surface area contributed by atoms with Crippen LogP contribution in [0.3, 0.4) is 0 Å². The number of piperidine rings is 1. The van der Waals surface area contributed by atoms with Gasteiger partial charge in [0, 0.05) is 38.4 Å². The predicted molar refractivity (Wildman–Crippen MR) is 107 cm³/mol. The first-order valence-corrected chi connectivity index (χ1v) is 11.6. The average Bonchev–Trinajstić information content (AvgIpc) is 2.89. The summed E-state index contributed by atoms with van der Waals surface area (Å²) in [5.74, 6) is 0.596. The normalized spacial score (nSPS) is 29.5. The van der Waals surface area contributed by atoms with Crippen LogP contribution in [-0.4, -0.2) is 74.5 Å². The summed E-state index contributed by atoms with van der Waals surface area (Å²) in [6.45, 7) is 7.67. The Morgan fingerprint density at radius 2 is 1.67 bits per heavy atom. The summed E-state index contributed by atoms with van der Waals surface area (Å²) in [5, 5.41) is 0. The second-order valence-corrected chi connectivity index (χ2v) is 11.2. The van der Waals surface area contributed by atoms with Gasteiger partial charge in [-0.2, -0.15) is 0 Å². The number of nitrogens with zero attached hydrogens (tertiary/aromatic N) is 3. The number of hydrogen-bond acceptors (Lipinski definition) is 4. The molecule has 2 bridgehead atoms. The Morgan fingerprint density at radius 1 is 1.00 bits per heavy atom. The van der Waals surface area contributed by atoms with Gasteiger partial charge in [-0.05, 0) is 29.9 Å². The van der Waals surface area contributed by atoms with Gasteiger partial charge in [0.1, 0.15) is 0 Å². The number of fused-ring (bicyclic) bond motifs is 4. The van der Waals surface area contributed by atoms with E-state index in [2.05, 4.69) is 43.0 Å². The molecular weight excluding hydrogens is 362 g/mol. The molecule has 4 saturated heterocycles. The zero-order valence-corrected chi connectivity index (χ0v) is 17.0. The second kappa shape index (κ2) is 6.69. The number of anilines is 1. The Bertz CT molecular complexity index is 795. The third kappa shape index (κ3) is 3.66. The highest BCUT2D eigenvalue weighted by atomic mass is 32.2. The molecule has 4 aliphatic heterocycles. The fourth-order valence-corrected chi connectivity index (χ4v) is 6.20. The molecule has 0 aliphatic carbocycles. The maximum Gasteiger partial charge on any atom is 0.320 e. The summed E-state index contributed by atoms with van der Waals surface area (Å²) in [4.78, 5) is 19.3. The first-order valence-electron chi connectivity index (χ1n) is 9.81. The Morgan fingerprint density at radius 3 is 2.33 bits per heavy atom. The van der Waals surface area contributed by atoms with Crippen molar-refractivity contribution in [2.75, 3.05) is 49.1 Å². The maximum absolute atomic E-state index is 13.1. The molecule has 0 saturated carbocycles. The van der Waals surface area contributed by atoms with Gasteiger partial charge in [0.05, 0.1) is 17.5 Å². The van der Waals surface area contributed by atoms with Gasteiger partial charge in [-0.1, -0.05) is 32.0 Å². The van der Waals surface area contributed by atoms with E-state index in [1.165, 1.54) is 5.69 Å². The molecule has 7 heteroatoms. The first-order chi connectivity index (χ1) is 12.8. The first kappa shape index (κ1) is 18.6. The van der Waals surface area contributed by atoms with E-state index in [1.54, 1.807) is 4.90 Å². The van der Waals surface area contributed by atoms with Gasteiger partial charge in [0.25, 0.3) is 0 Å². The number of benzene rings is 1. The highest BCUT2D eigenvalue weighted by Crippen LogP contribution is 2.43. The molecule has 2 unspecified atom stereocenters. The van der Waals surface area contributed by atoms with Gasteiger partial charge in [-0.15, -0.1) is 0 Å². The van der Waals surface area contributed by atoms with Crippen LogP contribution in [0, 0.1) is 11.3 Å². The quantitative estimate of drug-likeness (QED) is 0.735. The van der Waals surface area contributed by atoms with E-state index in [4.69, 9.17) is 0 Å². The summed E-state index contributed by atoms with van der Waals surface area (Å²) in [7, 11) is -2.98. The van der Waals surface area contributed by atoms with Gasteiger partial charge in [0.2, 0.25) is 0 Å². The summed E-state index contributed by atoms with van der Waals surface area (Å²) >= 11 is 0. The minimum atomic E-state index is -2.98. The summed E-state index contributed by atoms with van der Waals surface area (Å²) < 4.78 is 23.4. The number of amides is 2. The lowest BCUT2D eigenvalue weighted by atomic mass is 9.73. The molecule has 0 radical (unpaired) electrons. The fraction of sp³-hybridized carbons (Fsp3) is 0.650. The monoisotopic (exact) mass is 391 g/mol. The van der Waals surface area contributed by atoms with Crippen molar-refractivity contribution in [3.8, 4) is 0 Å². The lowest BCUT2D eigenvalue weighted by Gasteiger charge is -2.48. The fourth-order valence-electron chi connectivity index (χ4n) is 5.00. The molecule has 4 aliphatic rings. The van der Waals surface area contributed by atoms with Crippen LogP contribution in [0.25, 0.3) is 0 Å². The zero-order chi connectivity index (χ0) is 19.2. The second-order valence-electron chi connectivity index (χ2n) is 8.89. The van der Waals surface area contributed by atoms with Crippen LogP contribution in [-0.2, 0) is 9.84 Å². The molecule has 2 atom stereocenters. The molecule has 4 fully saturated rings. The molecule has 0 N–H and O–H groups in total. The number of para-hydroxylation sites is 1. The van der Waals surface area contributed by atoms with Crippen LogP contribution in [0.2, 0.25) is 0 Å². The van der Waals surface area contributed by atoms with Crippen LogP contribution >= 0.6 is 0 Å². The van der Waals surface area contributed by atoms with Gasteiger partial charge in [-0.3, -0.25) is 0 Å². The van der Waals surface area contributed by atoms with E-state index < -0.39 is 9.84 Å². The van der Waals surface area contributed by atoms with E-state index in [1.807, 2.05) is 11.0 Å². The van der Waals surface area contributed by atoms with E-state index in [9.17, 15) is 13.2 Å². The summed E-state index contributed by atoms with van der Waals surface area (Å²) in [5.41, 5.74) is 1.34. The van der Waals surface area contributed by atoms with Crippen molar-refractivity contribution in [1.29, 1.82) is 0 Å². The van der Waals surface area contributed by atoms with E-state index in [0.717, 1.165) is 19.5 Å². The van der Waals surface area contributed by atoms with E-state index in [-0.39, 0.29) is 29.0 Å². The molecule has 2 amide bonds. The standard InChI is InChI=1S/C20H29N3O3S/c1-20(2)12-16-13-22(19(24)21-8-10-27(25,26)11-9-21)15-18(20)23(14-16)17-6-4-3-5-7-17/h3-7,16,18H,8-15H2,1-2H3. The summed E-state index contributed by atoms with van der Waals surface area (Å²) in [6.07, 6.45) is 1.11. The lowest BCUT2D eigenvalue weighted by Crippen LogP contribution is -2.55. The van der Waals surface area contributed by atoms with Crippen LogP contribution in [0.15, 0.2) is 30.3 Å².